The van der Waals surface area contributed by atoms with E-state index in [4.69, 9.17) is 18.9 Å². The Bertz CT molecular complexity index is 1540. The van der Waals surface area contributed by atoms with Crippen molar-refractivity contribution in [3.05, 3.63) is 154 Å². The van der Waals surface area contributed by atoms with Crippen LogP contribution in [-0.4, -0.2) is 42.1 Å². The van der Waals surface area contributed by atoms with E-state index in [1.54, 1.807) is 20.3 Å². The van der Waals surface area contributed by atoms with Gasteiger partial charge in [0.25, 0.3) is 5.56 Å². The summed E-state index contributed by atoms with van der Waals surface area (Å²) in [5, 5.41) is 0. The third-order valence-electron chi connectivity index (χ3n) is 7.77. The maximum atomic E-state index is 12.7. The van der Waals surface area contributed by atoms with Gasteiger partial charge in [-0.25, -0.2) is 4.79 Å². The molecule has 217 valence electrons. The number of aromatic amines is 1. The third-order valence-corrected chi connectivity index (χ3v) is 7.77. The van der Waals surface area contributed by atoms with Gasteiger partial charge in [0.15, 0.2) is 6.23 Å². The number of methoxy groups -OCH3 is 2. The Morgan fingerprint density at radius 1 is 0.929 bits per heavy atom. The average Bonchev–Trinajstić information content (AvgIpc) is 3.35. The van der Waals surface area contributed by atoms with E-state index in [1.165, 1.54) is 16.8 Å². The summed E-state index contributed by atoms with van der Waals surface area (Å²) in [6, 6.07) is 29.2. The Morgan fingerprint density at radius 3 is 2.05 bits per heavy atom. The van der Waals surface area contributed by atoms with Gasteiger partial charge in [-0.2, -0.15) is 0 Å². The van der Waals surface area contributed by atoms with E-state index in [0.29, 0.717) is 6.42 Å². The van der Waals surface area contributed by atoms with Crippen LogP contribution in [0.4, 0.5) is 0 Å². The van der Waals surface area contributed by atoms with Gasteiger partial charge in [0, 0.05) is 25.3 Å². The van der Waals surface area contributed by atoms with Crippen LogP contribution in [-0.2, 0) is 19.8 Å². The van der Waals surface area contributed by atoms with Gasteiger partial charge < -0.3 is 18.9 Å². The van der Waals surface area contributed by atoms with Gasteiger partial charge >= 0.3 is 5.69 Å². The van der Waals surface area contributed by atoms with Crippen molar-refractivity contribution < 1.29 is 18.9 Å². The molecule has 0 saturated carbocycles. The molecule has 5 atom stereocenters. The van der Waals surface area contributed by atoms with Crippen LogP contribution in [0.2, 0.25) is 0 Å². The Balaban J connectivity index is 1.65. The number of nitrogens with one attached hydrogen (secondary N) is 1. The highest BCUT2D eigenvalue weighted by atomic mass is 16.6. The van der Waals surface area contributed by atoms with Crippen LogP contribution < -0.4 is 16.0 Å². The van der Waals surface area contributed by atoms with Crippen molar-refractivity contribution >= 4 is 0 Å². The Labute approximate surface area is 245 Å². The summed E-state index contributed by atoms with van der Waals surface area (Å²) < 4.78 is 26.5. The standard InChI is InChI=1S/C34H35N2O6/c1-5-12-28(30-23(2)31(40-4)32(41-30)36-22-21-29(37)35-33(36)38)42-34(24-13-8-6-9-14-24,25-15-10-7-11-16-25)26-17-19-27(39-3)20-18-26/h5-11,13-23,28,30-32H,1-2,12H2,3-4H3,(H,35,37,38)/t23-,28+,30-,31-,32-/m1/s1. The number of hydrogen-bond acceptors (Lipinski definition) is 6. The number of H-pyrrole nitrogens is 1. The molecular weight excluding hydrogens is 532 g/mol. The summed E-state index contributed by atoms with van der Waals surface area (Å²) in [6.07, 6.45) is 1.06. The number of hydrogen-bond donors (Lipinski definition) is 1. The van der Waals surface area contributed by atoms with Crippen LogP contribution in [0, 0.1) is 12.8 Å². The molecule has 0 amide bonds. The van der Waals surface area contributed by atoms with Gasteiger partial charge in [0.1, 0.15) is 17.5 Å². The zero-order valence-corrected chi connectivity index (χ0v) is 23.7. The van der Waals surface area contributed by atoms with Crippen molar-refractivity contribution in [2.45, 2.75) is 36.6 Å². The molecule has 8 nitrogen and oxygen atoms in total. The number of nitrogens with zero attached hydrogens (tertiary/aromatic N) is 1. The minimum absolute atomic E-state index is 0.427. The molecule has 1 N–H and O–H groups in total. The second-order valence-corrected chi connectivity index (χ2v) is 10.2. The van der Waals surface area contributed by atoms with Crippen LogP contribution in [0.3, 0.4) is 0 Å². The third kappa shape index (κ3) is 5.48. The summed E-state index contributed by atoms with van der Waals surface area (Å²) in [5.74, 6) is 0.300. The quantitative estimate of drug-likeness (QED) is 0.206. The van der Waals surface area contributed by atoms with E-state index >= 15 is 0 Å². The molecule has 0 bridgehead atoms. The molecule has 5 rings (SSSR count). The lowest BCUT2D eigenvalue weighted by Gasteiger charge is -2.41. The molecule has 1 saturated heterocycles. The Morgan fingerprint density at radius 2 is 1.52 bits per heavy atom. The maximum absolute atomic E-state index is 12.7. The first kappa shape index (κ1) is 29.3. The number of aromatic nitrogens is 2. The van der Waals surface area contributed by atoms with E-state index in [0.717, 1.165) is 22.4 Å². The van der Waals surface area contributed by atoms with E-state index < -0.39 is 47.3 Å². The number of ether oxygens (including phenoxy) is 4. The van der Waals surface area contributed by atoms with E-state index in [9.17, 15) is 9.59 Å². The first-order valence-electron chi connectivity index (χ1n) is 13.8. The summed E-state index contributed by atoms with van der Waals surface area (Å²) in [7, 11) is 3.19. The normalized spacial score (nSPS) is 21.1. The van der Waals surface area contributed by atoms with Gasteiger partial charge in [-0.05, 0) is 42.2 Å². The van der Waals surface area contributed by atoms with Gasteiger partial charge in [0.05, 0.1) is 19.3 Å². The van der Waals surface area contributed by atoms with Crippen LogP contribution in [0.1, 0.15) is 29.3 Å². The smallest absolute Gasteiger partial charge is 0.330 e. The van der Waals surface area contributed by atoms with Gasteiger partial charge in [-0.3, -0.25) is 14.3 Å². The second kappa shape index (κ2) is 12.7. The fourth-order valence-electron chi connectivity index (χ4n) is 5.76. The van der Waals surface area contributed by atoms with Crippen LogP contribution >= 0.6 is 0 Å². The predicted octanol–water partition coefficient (Wildman–Crippen LogP) is 4.86. The lowest BCUT2D eigenvalue weighted by Crippen LogP contribution is -2.43. The van der Waals surface area contributed by atoms with Crippen molar-refractivity contribution in [3.63, 3.8) is 0 Å². The topological polar surface area (TPSA) is 91.8 Å². The molecule has 42 heavy (non-hydrogen) atoms. The molecule has 1 aromatic heterocycles. The van der Waals surface area contributed by atoms with Gasteiger partial charge in [0.2, 0.25) is 0 Å². The minimum Gasteiger partial charge on any atom is -0.497 e. The molecule has 1 aliphatic rings. The molecule has 0 unspecified atom stereocenters. The minimum atomic E-state index is -1.05. The van der Waals surface area contributed by atoms with Crippen molar-refractivity contribution in [2.75, 3.05) is 14.2 Å². The predicted molar refractivity (Wildman–Crippen MR) is 160 cm³/mol. The highest BCUT2D eigenvalue weighted by Gasteiger charge is 2.50. The second-order valence-electron chi connectivity index (χ2n) is 10.2. The molecule has 1 fully saturated rings. The number of rotatable bonds is 11. The largest absolute Gasteiger partial charge is 0.497 e. The summed E-state index contributed by atoms with van der Waals surface area (Å²) in [6.45, 7) is 8.41. The molecule has 8 heteroatoms. The lowest BCUT2D eigenvalue weighted by atomic mass is 9.79. The van der Waals surface area contributed by atoms with Crippen LogP contribution in [0.15, 0.2) is 119 Å². The summed E-state index contributed by atoms with van der Waals surface area (Å²) in [4.78, 5) is 26.8. The van der Waals surface area contributed by atoms with Gasteiger partial charge in [-0.15, -0.1) is 6.58 Å². The molecule has 1 aliphatic heterocycles. The molecule has 1 radical (unpaired) electrons. The first-order valence-corrected chi connectivity index (χ1v) is 13.8. The Kier molecular flexibility index (Phi) is 8.87. The van der Waals surface area contributed by atoms with Crippen molar-refractivity contribution in [1.29, 1.82) is 0 Å². The molecule has 2 heterocycles. The van der Waals surface area contributed by atoms with Crippen LogP contribution in [0.5, 0.6) is 5.75 Å². The Hall–Kier alpha value is -4.24. The highest BCUT2D eigenvalue weighted by Crippen LogP contribution is 2.45. The molecule has 0 aliphatic carbocycles. The number of benzene rings is 3. The van der Waals surface area contributed by atoms with Crippen molar-refractivity contribution in [1.82, 2.24) is 9.55 Å². The van der Waals surface area contributed by atoms with E-state index in [2.05, 4.69) is 18.5 Å². The van der Waals surface area contributed by atoms with E-state index in [-0.39, 0.29) is 0 Å². The van der Waals surface area contributed by atoms with Gasteiger partial charge in [-0.1, -0.05) is 78.9 Å². The highest BCUT2D eigenvalue weighted by molar-refractivity contribution is 5.48. The molecule has 3 aromatic carbocycles. The fourth-order valence-corrected chi connectivity index (χ4v) is 5.76. The zero-order valence-electron chi connectivity index (χ0n) is 23.7. The fraction of sp³-hybridized carbons (Fsp3) is 0.265. The first-order chi connectivity index (χ1) is 20.4. The molecular formula is C34H35N2O6. The maximum Gasteiger partial charge on any atom is 0.330 e. The van der Waals surface area contributed by atoms with Crippen LogP contribution in [0.25, 0.3) is 0 Å². The summed E-state index contributed by atoms with van der Waals surface area (Å²) >= 11 is 0. The summed E-state index contributed by atoms with van der Waals surface area (Å²) in [5.41, 5.74) is 0.598. The lowest BCUT2D eigenvalue weighted by molar-refractivity contribution is -0.135. The van der Waals surface area contributed by atoms with E-state index in [1.807, 2.05) is 84.9 Å². The van der Waals surface area contributed by atoms with Crippen molar-refractivity contribution in [3.8, 4) is 5.75 Å². The zero-order chi connectivity index (χ0) is 29.7. The SMILES string of the molecule is [CH2][C@@H]1[C@H]([C@H](CC=C)OC(c2ccccc2)(c2ccccc2)c2ccc(OC)cc2)O[C@@H](n2ccc(=O)[nH]c2=O)[C@@H]1OC. The van der Waals surface area contributed by atoms with Crippen molar-refractivity contribution in [2.24, 2.45) is 5.92 Å². The molecule has 4 aromatic rings. The monoisotopic (exact) mass is 567 g/mol. The molecule has 0 spiro atoms. The average molecular weight is 568 g/mol.